The number of hydrogen-bond donors (Lipinski definition) is 2. The number of aryl methyl sites for hydroxylation is 1. The second kappa shape index (κ2) is 6.72. The smallest absolute Gasteiger partial charge is 0.186 e. The molecule has 0 unspecified atom stereocenters. The molecule has 1 fully saturated rings. The van der Waals surface area contributed by atoms with Gasteiger partial charge in [-0.15, -0.1) is 0 Å². The molecule has 1 aliphatic heterocycles. The molecule has 8 nitrogen and oxygen atoms in total. The summed E-state index contributed by atoms with van der Waals surface area (Å²) in [5.74, 6) is 1.75. The summed E-state index contributed by atoms with van der Waals surface area (Å²) in [6, 6.07) is 4.05. The van der Waals surface area contributed by atoms with Crippen LogP contribution in [0.25, 0.3) is 10.2 Å². The maximum atomic E-state index is 9.23. The molecule has 0 aromatic carbocycles. The van der Waals surface area contributed by atoms with Gasteiger partial charge in [0.1, 0.15) is 18.0 Å². The van der Waals surface area contributed by atoms with Gasteiger partial charge in [0.25, 0.3) is 0 Å². The van der Waals surface area contributed by atoms with Crippen LogP contribution < -0.4 is 16.0 Å². The van der Waals surface area contributed by atoms with Crippen LogP contribution in [0, 0.1) is 24.2 Å². The van der Waals surface area contributed by atoms with E-state index in [1.807, 2.05) is 6.92 Å². The van der Waals surface area contributed by atoms with E-state index >= 15 is 0 Å². The highest BCUT2D eigenvalue weighted by Gasteiger charge is 2.23. The van der Waals surface area contributed by atoms with Crippen molar-refractivity contribution in [2.45, 2.75) is 19.8 Å². The lowest BCUT2D eigenvalue weighted by Crippen LogP contribution is -2.34. The third-order valence-corrected chi connectivity index (χ3v) is 5.52. The summed E-state index contributed by atoms with van der Waals surface area (Å²) in [6.07, 6.45) is 5.18. The van der Waals surface area contributed by atoms with Crippen molar-refractivity contribution in [2.75, 3.05) is 29.0 Å². The number of nitrogen functional groups attached to an aromatic ring is 1. The number of nitriles is 1. The van der Waals surface area contributed by atoms with Gasteiger partial charge in [-0.3, -0.25) is 0 Å². The second-order valence-corrected chi connectivity index (χ2v) is 7.31. The first-order valence-corrected chi connectivity index (χ1v) is 9.21. The maximum absolute atomic E-state index is 9.23. The monoisotopic (exact) mass is 366 g/mol. The van der Waals surface area contributed by atoms with E-state index in [-0.39, 0.29) is 5.92 Å². The van der Waals surface area contributed by atoms with Gasteiger partial charge >= 0.3 is 0 Å². The van der Waals surface area contributed by atoms with Crippen molar-refractivity contribution < 1.29 is 0 Å². The number of pyridine rings is 1. The van der Waals surface area contributed by atoms with Crippen LogP contribution in [0.2, 0.25) is 0 Å². The number of thiazole rings is 1. The van der Waals surface area contributed by atoms with Gasteiger partial charge in [0.15, 0.2) is 10.9 Å². The molecule has 1 saturated heterocycles. The molecule has 3 aromatic heterocycles. The maximum Gasteiger partial charge on any atom is 0.186 e. The zero-order chi connectivity index (χ0) is 18.1. The molecular formula is C17H18N8S. The predicted octanol–water partition coefficient (Wildman–Crippen LogP) is 2.86. The highest BCUT2D eigenvalue weighted by atomic mass is 32.1. The molecule has 1 atom stereocenters. The number of aromatic nitrogens is 4. The van der Waals surface area contributed by atoms with Crippen molar-refractivity contribution >= 4 is 44.1 Å². The first-order valence-electron chi connectivity index (χ1n) is 8.39. The number of nitrogens with two attached hydrogens (primary N) is 1. The Hall–Kier alpha value is -2.99. The minimum absolute atomic E-state index is 0.0663. The Morgan fingerprint density at radius 2 is 2.27 bits per heavy atom. The van der Waals surface area contributed by atoms with Crippen LogP contribution in [-0.2, 0) is 0 Å². The number of piperidine rings is 1. The minimum Gasteiger partial charge on any atom is -0.384 e. The molecule has 0 saturated carbocycles. The molecule has 0 radical (unpaired) electrons. The van der Waals surface area contributed by atoms with Crippen LogP contribution in [0.3, 0.4) is 0 Å². The average molecular weight is 366 g/mol. The lowest BCUT2D eigenvalue weighted by atomic mass is 10.0. The van der Waals surface area contributed by atoms with Crippen LogP contribution in [0.15, 0.2) is 18.6 Å². The molecular weight excluding hydrogens is 348 g/mol. The third kappa shape index (κ3) is 3.11. The van der Waals surface area contributed by atoms with E-state index in [1.54, 1.807) is 23.6 Å². The van der Waals surface area contributed by atoms with E-state index in [2.05, 4.69) is 31.2 Å². The summed E-state index contributed by atoms with van der Waals surface area (Å²) in [4.78, 5) is 19.6. The topological polar surface area (TPSA) is 117 Å². The van der Waals surface area contributed by atoms with Crippen molar-refractivity contribution in [3.05, 3.63) is 24.2 Å². The van der Waals surface area contributed by atoms with Gasteiger partial charge in [-0.25, -0.2) is 19.9 Å². The highest BCUT2D eigenvalue weighted by molar-refractivity contribution is 7.22. The quantitative estimate of drug-likeness (QED) is 0.727. The van der Waals surface area contributed by atoms with E-state index < -0.39 is 0 Å². The lowest BCUT2D eigenvalue weighted by Gasteiger charge is -2.28. The Morgan fingerprint density at radius 3 is 3.08 bits per heavy atom. The van der Waals surface area contributed by atoms with Crippen LogP contribution >= 0.6 is 11.3 Å². The molecule has 0 amide bonds. The van der Waals surface area contributed by atoms with Gasteiger partial charge in [0.05, 0.1) is 22.2 Å². The third-order valence-electron chi connectivity index (χ3n) is 4.40. The molecule has 1 aliphatic rings. The minimum atomic E-state index is 0.0663. The molecule has 0 aliphatic carbocycles. The van der Waals surface area contributed by atoms with E-state index in [9.17, 15) is 5.26 Å². The van der Waals surface area contributed by atoms with Gasteiger partial charge in [0, 0.05) is 25.4 Å². The molecule has 4 heterocycles. The standard InChI is InChI=1S/C17H18N8S/c1-10-7-20-16(23-13-5-12(19)21-9-22-13)15-14(10)24-17(26-15)25-4-2-3-11(6-18)8-25/h5,7,9,11H,2-4,8H2,1H3,(H3,19,20,21,22,23)/t11-/m0/s1. The van der Waals surface area contributed by atoms with Crippen LogP contribution in [-0.4, -0.2) is 33.0 Å². The molecule has 9 heteroatoms. The zero-order valence-corrected chi connectivity index (χ0v) is 15.1. The zero-order valence-electron chi connectivity index (χ0n) is 14.3. The first kappa shape index (κ1) is 16.5. The van der Waals surface area contributed by atoms with Crippen molar-refractivity contribution in [3.8, 4) is 6.07 Å². The summed E-state index contributed by atoms with van der Waals surface area (Å²) in [5.41, 5.74) is 7.66. The predicted molar refractivity (Wildman–Crippen MR) is 102 cm³/mol. The van der Waals surface area contributed by atoms with E-state index in [0.717, 1.165) is 46.8 Å². The summed E-state index contributed by atoms with van der Waals surface area (Å²) in [7, 11) is 0. The van der Waals surface area contributed by atoms with Gasteiger partial charge in [-0.05, 0) is 25.3 Å². The van der Waals surface area contributed by atoms with E-state index in [1.165, 1.54) is 6.33 Å². The molecule has 4 rings (SSSR count). The van der Waals surface area contributed by atoms with Crippen LogP contribution in [0.4, 0.5) is 22.6 Å². The Kier molecular flexibility index (Phi) is 4.26. The first-order chi connectivity index (χ1) is 12.6. The van der Waals surface area contributed by atoms with Crippen molar-refractivity contribution in [1.82, 2.24) is 19.9 Å². The number of fused-ring (bicyclic) bond motifs is 1. The highest BCUT2D eigenvalue weighted by Crippen LogP contribution is 2.36. The normalized spacial score (nSPS) is 17.2. The summed E-state index contributed by atoms with van der Waals surface area (Å²) in [6.45, 7) is 3.66. The van der Waals surface area contributed by atoms with Gasteiger partial charge in [0.2, 0.25) is 0 Å². The Labute approximate surface area is 154 Å². The Bertz CT molecular complexity index is 992. The molecule has 132 valence electrons. The number of anilines is 4. The van der Waals surface area contributed by atoms with Gasteiger partial charge < -0.3 is 16.0 Å². The fourth-order valence-electron chi connectivity index (χ4n) is 3.06. The number of nitrogens with zero attached hydrogens (tertiary/aromatic N) is 6. The largest absolute Gasteiger partial charge is 0.384 e. The van der Waals surface area contributed by atoms with Crippen LogP contribution in [0.5, 0.6) is 0 Å². The molecule has 26 heavy (non-hydrogen) atoms. The number of nitrogens with one attached hydrogen (secondary N) is 1. The summed E-state index contributed by atoms with van der Waals surface area (Å²) >= 11 is 1.59. The molecule has 0 spiro atoms. The second-order valence-electron chi connectivity index (χ2n) is 6.33. The van der Waals surface area contributed by atoms with E-state index in [0.29, 0.717) is 17.5 Å². The lowest BCUT2D eigenvalue weighted by molar-refractivity contribution is 0.493. The van der Waals surface area contributed by atoms with Gasteiger partial charge in [-0.2, -0.15) is 5.26 Å². The molecule has 3 aromatic rings. The number of rotatable bonds is 3. The van der Waals surface area contributed by atoms with E-state index in [4.69, 9.17) is 10.7 Å². The molecule has 0 bridgehead atoms. The molecule has 3 N–H and O–H groups in total. The fraction of sp³-hybridized carbons (Fsp3) is 0.353. The average Bonchev–Trinajstić information content (AvgIpc) is 3.11. The Morgan fingerprint density at radius 1 is 1.38 bits per heavy atom. The SMILES string of the molecule is Cc1cnc(Nc2cc(N)ncn2)c2sc(N3CCC[C@@H](C#N)C3)nc12. The fourth-order valence-corrected chi connectivity index (χ4v) is 4.18. The Balaban J connectivity index is 1.70. The van der Waals surface area contributed by atoms with Crippen molar-refractivity contribution in [1.29, 1.82) is 5.26 Å². The van der Waals surface area contributed by atoms with Gasteiger partial charge in [-0.1, -0.05) is 11.3 Å². The summed E-state index contributed by atoms with van der Waals surface area (Å²) in [5, 5.41) is 13.4. The van der Waals surface area contributed by atoms with Crippen molar-refractivity contribution in [3.63, 3.8) is 0 Å². The number of hydrogen-bond acceptors (Lipinski definition) is 9. The van der Waals surface area contributed by atoms with Crippen molar-refractivity contribution in [2.24, 2.45) is 5.92 Å². The van der Waals surface area contributed by atoms with Crippen LogP contribution in [0.1, 0.15) is 18.4 Å². The summed E-state index contributed by atoms with van der Waals surface area (Å²) < 4.78 is 0.969.